The predicted octanol–water partition coefficient (Wildman–Crippen LogP) is 7.28. The largest absolute Gasteiger partial charge is 0.396 e. The number of aliphatic hydroxyl groups excluding tert-OH is 1. The van der Waals surface area contributed by atoms with Crippen LogP contribution in [0.1, 0.15) is 135 Å². The van der Waals surface area contributed by atoms with Crippen molar-refractivity contribution in [3.63, 3.8) is 0 Å². The SMILES string of the molecule is O=[C]CCCCCCCCCCCCCCCCCCCCCCO. The van der Waals surface area contributed by atoms with Crippen molar-refractivity contribution in [1.29, 1.82) is 0 Å². The molecular weight excluding hydrogens is 308 g/mol. The van der Waals surface area contributed by atoms with Crippen molar-refractivity contribution in [2.45, 2.75) is 135 Å². The zero-order chi connectivity index (χ0) is 18.3. The molecule has 0 aliphatic rings. The van der Waals surface area contributed by atoms with Crippen LogP contribution in [-0.2, 0) is 4.79 Å². The zero-order valence-corrected chi connectivity index (χ0v) is 16.9. The van der Waals surface area contributed by atoms with Gasteiger partial charge < -0.3 is 5.11 Å². The molecule has 0 heterocycles. The molecule has 149 valence electrons. The molecule has 0 aromatic carbocycles. The first-order valence-corrected chi connectivity index (χ1v) is 11.4. The molecule has 0 atom stereocenters. The summed E-state index contributed by atoms with van der Waals surface area (Å²) in [7, 11) is 0. The van der Waals surface area contributed by atoms with Gasteiger partial charge in [-0.2, -0.15) is 0 Å². The molecule has 0 bridgehead atoms. The van der Waals surface area contributed by atoms with Gasteiger partial charge in [0.2, 0.25) is 0 Å². The number of rotatable bonds is 22. The lowest BCUT2D eigenvalue weighted by atomic mass is 10.0. The molecule has 0 saturated carbocycles. The highest BCUT2D eigenvalue weighted by Crippen LogP contribution is 2.14. The predicted molar refractivity (Wildman–Crippen MR) is 110 cm³/mol. The number of carbonyl (C=O) groups excluding carboxylic acids is 1. The van der Waals surface area contributed by atoms with Gasteiger partial charge in [-0.3, -0.25) is 4.79 Å². The molecule has 25 heavy (non-hydrogen) atoms. The lowest BCUT2D eigenvalue weighted by Gasteiger charge is -2.04. The standard InChI is InChI=1S/C23H45O2/c24-22-20-18-16-14-12-10-8-6-4-2-1-3-5-7-9-11-13-15-17-19-21-23-25/h24H,1-22H2. The minimum atomic E-state index is 0.364. The molecule has 1 N–H and O–H groups in total. The Labute approximate surface area is 158 Å². The van der Waals surface area contributed by atoms with Crippen molar-refractivity contribution in [3.05, 3.63) is 0 Å². The van der Waals surface area contributed by atoms with Crippen molar-refractivity contribution in [2.75, 3.05) is 6.61 Å². The molecule has 0 unspecified atom stereocenters. The van der Waals surface area contributed by atoms with E-state index in [0.717, 1.165) is 12.8 Å². The summed E-state index contributed by atoms with van der Waals surface area (Å²) >= 11 is 0. The van der Waals surface area contributed by atoms with E-state index in [2.05, 4.69) is 0 Å². The highest BCUT2D eigenvalue weighted by Gasteiger charge is 1.95. The second-order valence-corrected chi connectivity index (χ2v) is 7.69. The van der Waals surface area contributed by atoms with E-state index in [1.807, 2.05) is 6.29 Å². The average molecular weight is 354 g/mol. The third kappa shape index (κ3) is 23.6. The lowest BCUT2D eigenvalue weighted by molar-refractivity contribution is 0.282. The Hall–Kier alpha value is -0.370. The van der Waals surface area contributed by atoms with E-state index in [4.69, 9.17) is 5.11 Å². The molecule has 0 aliphatic heterocycles. The quantitative estimate of drug-likeness (QED) is 0.208. The molecule has 0 rings (SSSR count). The van der Waals surface area contributed by atoms with Crippen molar-refractivity contribution < 1.29 is 9.90 Å². The van der Waals surface area contributed by atoms with Gasteiger partial charge in [0.15, 0.2) is 6.29 Å². The maximum Gasteiger partial charge on any atom is 0.198 e. The van der Waals surface area contributed by atoms with Crippen molar-refractivity contribution in [3.8, 4) is 0 Å². The highest BCUT2D eigenvalue weighted by molar-refractivity contribution is 5.50. The minimum absolute atomic E-state index is 0.364. The Bertz CT molecular complexity index is 240. The van der Waals surface area contributed by atoms with E-state index in [-0.39, 0.29) is 0 Å². The van der Waals surface area contributed by atoms with Crippen LogP contribution in [0, 0.1) is 0 Å². The van der Waals surface area contributed by atoms with Crippen LogP contribution in [0.4, 0.5) is 0 Å². The fraction of sp³-hybridized carbons (Fsp3) is 0.957. The Morgan fingerprint density at radius 1 is 0.400 bits per heavy atom. The molecule has 0 aromatic rings. The second-order valence-electron chi connectivity index (χ2n) is 7.69. The van der Waals surface area contributed by atoms with E-state index in [1.54, 1.807) is 0 Å². The van der Waals surface area contributed by atoms with Gasteiger partial charge in [-0.15, -0.1) is 0 Å². The Morgan fingerprint density at radius 3 is 0.880 bits per heavy atom. The van der Waals surface area contributed by atoms with Gasteiger partial charge in [-0.25, -0.2) is 0 Å². The monoisotopic (exact) mass is 353 g/mol. The molecule has 0 aromatic heterocycles. The topological polar surface area (TPSA) is 37.3 Å². The third-order valence-electron chi connectivity index (χ3n) is 5.19. The molecular formula is C23H45O2. The first-order chi connectivity index (χ1) is 12.4. The van der Waals surface area contributed by atoms with Crippen LogP contribution >= 0.6 is 0 Å². The first-order valence-electron chi connectivity index (χ1n) is 11.4. The number of hydrogen-bond acceptors (Lipinski definition) is 2. The smallest absolute Gasteiger partial charge is 0.198 e. The number of aliphatic hydroxyl groups is 1. The van der Waals surface area contributed by atoms with E-state index in [0.29, 0.717) is 13.0 Å². The summed E-state index contributed by atoms with van der Waals surface area (Å²) in [6.45, 7) is 0.364. The molecule has 0 spiro atoms. The molecule has 0 aliphatic carbocycles. The van der Waals surface area contributed by atoms with Gasteiger partial charge in [-0.1, -0.05) is 116 Å². The van der Waals surface area contributed by atoms with E-state index in [1.165, 1.54) is 116 Å². The van der Waals surface area contributed by atoms with E-state index in [9.17, 15) is 4.79 Å². The number of unbranched alkanes of at least 4 members (excludes halogenated alkanes) is 20. The Balaban J connectivity index is 2.95. The van der Waals surface area contributed by atoms with Gasteiger partial charge in [-0.05, 0) is 12.8 Å². The molecule has 1 radical (unpaired) electrons. The van der Waals surface area contributed by atoms with Crippen LogP contribution in [0.5, 0.6) is 0 Å². The Morgan fingerprint density at radius 2 is 0.640 bits per heavy atom. The van der Waals surface area contributed by atoms with Gasteiger partial charge in [0.1, 0.15) is 0 Å². The summed E-state index contributed by atoms with van der Waals surface area (Å²) in [5.74, 6) is 0. The fourth-order valence-electron chi connectivity index (χ4n) is 3.49. The first kappa shape index (κ1) is 24.6. The molecule has 0 amide bonds. The van der Waals surface area contributed by atoms with Crippen LogP contribution in [0.15, 0.2) is 0 Å². The van der Waals surface area contributed by atoms with Crippen LogP contribution in [0.25, 0.3) is 0 Å². The van der Waals surface area contributed by atoms with Gasteiger partial charge in [0, 0.05) is 13.0 Å². The number of hydrogen-bond donors (Lipinski definition) is 1. The average Bonchev–Trinajstić information content (AvgIpc) is 2.63. The highest BCUT2D eigenvalue weighted by atomic mass is 16.2. The van der Waals surface area contributed by atoms with Gasteiger partial charge in [0.25, 0.3) is 0 Å². The second kappa shape index (κ2) is 23.6. The van der Waals surface area contributed by atoms with Crippen molar-refractivity contribution in [2.24, 2.45) is 0 Å². The molecule has 0 fully saturated rings. The van der Waals surface area contributed by atoms with E-state index >= 15 is 0 Å². The normalized spacial score (nSPS) is 11.1. The van der Waals surface area contributed by atoms with Crippen molar-refractivity contribution >= 4 is 6.29 Å². The Kier molecular flexibility index (Phi) is 23.3. The van der Waals surface area contributed by atoms with Gasteiger partial charge in [0.05, 0.1) is 0 Å². The van der Waals surface area contributed by atoms with Crippen molar-refractivity contribution in [1.82, 2.24) is 0 Å². The van der Waals surface area contributed by atoms with Crippen LogP contribution < -0.4 is 0 Å². The van der Waals surface area contributed by atoms with Crippen LogP contribution in [0.2, 0.25) is 0 Å². The van der Waals surface area contributed by atoms with Gasteiger partial charge >= 0.3 is 0 Å². The maximum absolute atomic E-state index is 10.1. The summed E-state index contributed by atoms with van der Waals surface area (Å²) in [5, 5.41) is 8.72. The van der Waals surface area contributed by atoms with Crippen LogP contribution in [0.3, 0.4) is 0 Å². The zero-order valence-electron chi connectivity index (χ0n) is 16.9. The summed E-state index contributed by atoms with van der Waals surface area (Å²) in [6, 6.07) is 0. The van der Waals surface area contributed by atoms with E-state index < -0.39 is 0 Å². The fourth-order valence-corrected chi connectivity index (χ4v) is 3.49. The summed E-state index contributed by atoms with van der Waals surface area (Å²) in [5.41, 5.74) is 0. The summed E-state index contributed by atoms with van der Waals surface area (Å²) in [6.07, 6.45) is 29.3. The molecule has 2 nitrogen and oxygen atoms in total. The summed E-state index contributed by atoms with van der Waals surface area (Å²) < 4.78 is 0. The summed E-state index contributed by atoms with van der Waals surface area (Å²) in [4.78, 5) is 10.1. The minimum Gasteiger partial charge on any atom is -0.396 e. The van der Waals surface area contributed by atoms with Crippen LogP contribution in [-0.4, -0.2) is 18.0 Å². The lowest BCUT2D eigenvalue weighted by Crippen LogP contribution is -1.85. The molecule has 0 saturated heterocycles. The third-order valence-corrected chi connectivity index (χ3v) is 5.19. The maximum atomic E-state index is 10.1. The molecule has 2 heteroatoms.